The van der Waals surface area contributed by atoms with Gasteiger partial charge in [0, 0.05) is 31.4 Å². The molecule has 3 nitrogen and oxygen atoms in total. The quantitative estimate of drug-likeness (QED) is 0.774. The predicted molar refractivity (Wildman–Crippen MR) is 65.7 cm³/mol. The summed E-state index contributed by atoms with van der Waals surface area (Å²) in [6, 6.07) is 7.00. The van der Waals surface area contributed by atoms with Crippen LogP contribution in [0, 0.1) is 12.8 Å². The number of aryl methyl sites for hydroxylation is 1. The smallest absolute Gasteiger partial charge is 0.129 e. The first kappa shape index (κ1) is 10.1. The van der Waals surface area contributed by atoms with Crippen molar-refractivity contribution in [3.05, 3.63) is 23.9 Å². The summed E-state index contributed by atoms with van der Waals surface area (Å²) in [5.74, 6) is 1.99. The third-order valence-electron chi connectivity index (χ3n) is 3.85. The Bertz CT molecular complexity index is 377. The molecule has 0 bridgehead atoms. The van der Waals surface area contributed by atoms with E-state index in [1.807, 2.05) is 0 Å². The standard InChI is InChI=1S/C13H19N3/c1-10-4-2-6-13(15-10)16-7-3-5-11-8-14-9-12(11)16/h2,4,6,11-12,14H,3,5,7-9H2,1H3. The maximum Gasteiger partial charge on any atom is 0.129 e. The van der Waals surface area contributed by atoms with E-state index in [1.54, 1.807) is 0 Å². The molecule has 2 aliphatic rings. The molecule has 1 aromatic heterocycles. The van der Waals surface area contributed by atoms with E-state index in [9.17, 15) is 0 Å². The second kappa shape index (κ2) is 4.06. The zero-order chi connectivity index (χ0) is 11.0. The molecule has 3 rings (SSSR count). The van der Waals surface area contributed by atoms with E-state index in [0.29, 0.717) is 6.04 Å². The van der Waals surface area contributed by atoms with E-state index in [4.69, 9.17) is 0 Å². The SMILES string of the molecule is Cc1cccc(N2CCCC3CNCC32)n1. The first-order valence-corrected chi connectivity index (χ1v) is 6.25. The Labute approximate surface area is 96.9 Å². The van der Waals surface area contributed by atoms with E-state index in [-0.39, 0.29) is 0 Å². The molecule has 86 valence electrons. The molecule has 2 atom stereocenters. The average Bonchev–Trinajstić information content (AvgIpc) is 2.76. The van der Waals surface area contributed by atoms with Crippen LogP contribution in [-0.2, 0) is 0 Å². The van der Waals surface area contributed by atoms with Crippen molar-refractivity contribution in [2.75, 3.05) is 24.5 Å². The average molecular weight is 217 g/mol. The molecule has 2 unspecified atom stereocenters. The van der Waals surface area contributed by atoms with Gasteiger partial charge in [0.2, 0.25) is 0 Å². The van der Waals surface area contributed by atoms with Crippen LogP contribution in [0.4, 0.5) is 5.82 Å². The fraction of sp³-hybridized carbons (Fsp3) is 0.615. The zero-order valence-corrected chi connectivity index (χ0v) is 9.82. The van der Waals surface area contributed by atoms with Gasteiger partial charge in [0.15, 0.2) is 0 Å². The van der Waals surface area contributed by atoms with E-state index >= 15 is 0 Å². The van der Waals surface area contributed by atoms with Crippen LogP contribution < -0.4 is 10.2 Å². The van der Waals surface area contributed by atoms with Crippen LogP contribution in [0.25, 0.3) is 0 Å². The van der Waals surface area contributed by atoms with Crippen molar-refractivity contribution < 1.29 is 0 Å². The third kappa shape index (κ3) is 1.69. The highest BCUT2D eigenvalue weighted by atomic mass is 15.3. The number of nitrogens with one attached hydrogen (secondary N) is 1. The minimum absolute atomic E-state index is 0.669. The molecule has 0 aromatic carbocycles. The molecule has 0 aliphatic carbocycles. The molecule has 1 aromatic rings. The lowest BCUT2D eigenvalue weighted by molar-refractivity contribution is 0.383. The fourth-order valence-corrected chi connectivity index (χ4v) is 3.04. The number of fused-ring (bicyclic) bond motifs is 1. The van der Waals surface area contributed by atoms with Crippen LogP contribution in [0.1, 0.15) is 18.5 Å². The predicted octanol–water partition coefficient (Wildman–Crippen LogP) is 1.58. The molecule has 16 heavy (non-hydrogen) atoms. The minimum Gasteiger partial charge on any atom is -0.352 e. The van der Waals surface area contributed by atoms with E-state index in [2.05, 4.69) is 40.3 Å². The highest BCUT2D eigenvalue weighted by molar-refractivity contribution is 5.42. The highest BCUT2D eigenvalue weighted by Crippen LogP contribution is 2.29. The lowest BCUT2D eigenvalue weighted by Crippen LogP contribution is -2.45. The molecule has 1 N–H and O–H groups in total. The van der Waals surface area contributed by atoms with E-state index < -0.39 is 0 Å². The Balaban J connectivity index is 1.88. The van der Waals surface area contributed by atoms with Crippen molar-refractivity contribution >= 4 is 5.82 Å². The molecule has 0 radical (unpaired) electrons. The van der Waals surface area contributed by atoms with Gasteiger partial charge in [-0.2, -0.15) is 0 Å². The molecule has 2 fully saturated rings. The number of aromatic nitrogens is 1. The van der Waals surface area contributed by atoms with Crippen molar-refractivity contribution in [1.82, 2.24) is 10.3 Å². The highest BCUT2D eigenvalue weighted by Gasteiger charge is 2.35. The van der Waals surface area contributed by atoms with Crippen molar-refractivity contribution in [2.45, 2.75) is 25.8 Å². The van der Waals surface area contributed by atoms with Crippen LogP contribution >= 0.6 is 0 Å². The normalized spacial score (nSPS) is 29.2. The first-order chi connectivity index (χ1) is 7.84. The summed E-state index contributed by atoms with van der Waals surface area (Å²) >= 11 is 0. The number of piperidine rings is 1. The lowest BCUT2D eigenvalue weighted by atomic mass is 9.92. The van der Waals surface area contributed by atoms with Crippen molar-refractivity contribution in [3.8, 4) is 0 Å². The number of pyridine rings is 1. The molecule has 2 aliphatic heterocycles. The van der Waals surface area contributed by atoms with Gasteiger partial charge in [0.1, 0.15) is 5.82 Å². The summed E-state index contributed by atoms with van der Waals surface area (Å²) in [5, 5.41) is 3.51. The van der Waals surface area contributed by atoms with Gasteiger partial charge in [-0.1, -0.05) is 6.07 Å². The van der Waals surface area contributed by atoms with Gasteiger partial charge in [0.05, 0.1) is 0 Å². The van der Waals surface area contributed by atoms with Crippen molar-refractivity contribution in [2.24, 2.45) is 5.92 Å². The van der Waals surface area contributed by atoms with Gasteiger partial charge >= 0.3 is 0 Å². The summed E-state index contributed by atoms with van der Waals surface area (Å²) in [6.07, 6.45) is 2.68. The number of anilines is 1. The largest absolute Gasteiger partial charge is 0.352 e. The van der Waals surface area contributed by atoms with Crippen LogP contribution in [-0.4, -0.2) is 30.7 Å². The summed E-state index contributed by atoms with van der Waals surface area (Å²) < 4.78 is 0. The van der Waals surface area contributed by atoms with Crippen LogP contribution in [0.2, 0.25) is 0 Å². The number of hydrogen-bond acceptors (Lipinski definition) is 3. The van der Waals surface area contributed by atoms with Gasteiger partial charge in [0.25, 0.3) is 0 Å². The number of hydrogen-bond donors (Lipinski definition) is 1. The van der Waals surface area contributed by atoms with E-state index in [1.165, 1.54) is 31.7 Å². The summed E-state index contributed by atoms with van der Waals surface area (Å²) in [5.41, 5.74) is 1.12. The van der Waals surface area contributed by atoms with Crippen LogP contribution in [0.5, 0.6) is 0 Å². The Kier molecular flexibility index (Phi) is 2.56. The Morgan fingerprint density at radius 3 is 3.19 bits per heavy atom. The molecule has 0 amide bonds. The van der Waals surface area contributed by atoms with Crippen LogP contribution in [0.3, 0.4) is 0 Å². The lowest BCUT2D eigenvalue weighted by Gasteiger charge is -2.38. The Hall–Kier alpha value is -1.09. The van der Waals surface area contributed by atoms with Gasteiger partial charge < -0.3 is 10.2 Å². The van der Waals surface area contributed by atoms with Gasteiger partial charge in [-0.15, -0.1) is 0 Å². The number of nitrogens with zero attached hydrogens (tertiary/aromatic N) is 2. The molecular weight excluding hydrogens is 198 g/mol. The summed E-state index contributed by atoms with van der Waals surface area (Å²) in [7, 11) is 0. The second-order valence-corrected chi connectivity index (χ2v) is 4.96. The van der Waals surface area contributed by atoms with E-state index in [0.717, 1.165) is 18.2 Å². The van der Waals surface area contributed by atoms with Gasteiger partial charge in [-0.3, -0.25) is 0 Å². The van der Waals surface area contributed by atoms with Gasteiger partial charge in [-0.25, -0.2) is 4.98 Å². The van der Waals surface area contributed by atoms with Crippen molar-refractivity contribution in [3.63, 3.8) is 0 Å². The molecule has 0 saturated carbocycles. The monoisotopic (exact) mass is 217 g/mol. The maximum atomic E-state index is 4.66. The molecular formula is C13H19N3. The second-order valence-electron chi connectivity index (χ2n) is 4.96. The Morgan fingerprint density at radius 1 is 1.38 bits per heavy atom. The summed E-state index contributed by atoms with van der Waals surface area (Å²) in [6.45, 7) is 5.55. The Morgan fingerprint density at radius 2 is 2.31 bits per heavy atom. The topological polar surface area (TPSA) is 28.2 Å². The molecule has 0 spiro atoms. The minimum atomic E-state index is 0.669. The number of rotatable bonds is 1. The maximum absolute atomic E-state index is 4.66. The molecule has 3 heterocycles. The fourth-order valence-electron chi connectivity index (χ4n) is 3.04. The summed E-state index contributed by atoms with van der Waals surface area (Å²) in [4.78, 5) is 7.16. The zero-order valence-electron chi connectivity index (χ0n) is 9.82. The molecule has 3 heteroatoms. The van der Waals surface area contributed by atoms with Gasteiger partial charge in [-0.05, 0) is 37.8 Å². The van der Waals surface area contributed by atoms with Crippen molar-refractivity contribution in [1.29, 1.82) is 0 Å². The molecule has 2 saturated heterocycles. The third-order valence-corrected chi connectivity index (χ3v) is 3.85. The first-order valence-electron chi connectivity index (χ1n) is 6.25. The van der Waals surface area contributed by atoms with Crippen LogP contribution in [0.15, 0.2) is 18.2 Å².